The summed E-state index contributed by atoms with van der Waals surface area (Å²) < 4.78 is 28.5. The van der Waals surface area contributed by atoms with E-state index in [0.29, 0.717) is 17.9 Å². The molecule has 0 unspecified atom stereocenters. The molecule has 22 heavy (non-hydrogen) atoms. The van der Waals surface area contributed by atoms with Crippen LogP contribution in [0.3, 0.4) is 0 Å². The number of carbonyl (C=O) groups is 1. The standard InChI is InChI=1S/C14H16N4O3S/c1-3-17-8-11-13(14(19)15-2)16-9-18(11)10-6-4-5-7-12(10)22(17,20)21/h4-7,9H,3,8H2,1-2H3,(H,15,19). The molecule has 1 aromatic heterocycles. The zero-order chi connectivity index (χ0) is 15.9. The molecule has 8 heteroatoms. The van der Waals surface area contributed by atoms with E-state index < -0.39 is 10.0 Å². The molecule has 2 heterocycles. The van der Waals surface area contributed by atoms with Gasteiger partial charge in [0.05, 0.1) is 17.9 Å². The molecule has 0 atom stereocenters. The average molecular weight is 320 g/mol. The highest BCUT2D eigenvalue weighted by Gasteiger charge is 2.33. The second kappa shape index (κ2) is 5.22. The molecule has 2 aromatic rings. The van der Waals surface area contributed by atoms with E-state index >= 15 is 0 Å². The molecule has 0 aliphatic carbocycles. The van der Waals surface area contributed by atoms with E-state index in [4.69, 9.17) is 0 Å². The third-order valence-electron chi connectivity index (χ3n) is 3.73. The highest BCUT2D eigenvalue weighted by Crippen LogP contribution is 2.30. The van der Waals surface area contributed by atoms with Gasteiger partial charge in [0.15, 0.2) is 5.69 Å². The maximum absolute atomic E-state index is 12.8. The number of para-hydroxylation sites is 1. The number of hydrogen-bond donors (Lipinski definition) is 1. The van der Waals surface area contributed by atoms with Gasteiger partial charge in [0.25, 0.3) is 5.91 Å². The van der Waals surface area contributed by atoms with E-state index in [1.807, 2.05) is 0 Å². The van der Waals surface area contributed by atoms with Crippen LogP contribution in [0.15, 0.2) is 35.5 Å². The lowest BCUT2D eigenvalue weighted by molar-refractivity contribution is 0.0957. The Morgan fingerprint density at radius 1 is 1.36 bits per heavy atom. The van der Waals surface area contributed by atoms with E-state index in [1.54, 1.807) is 35.8 Å². The van der Waals surface area contributed by atoms with Crippen molar-refractivity contribution in [3.05, 3.63) is 42.0 Å². The van der Waals surface area contributed by atoms with Crippen LogP contribution in [0.4, 0.5) is 0 Å². The van der Waals surface area contributed by atoms with Crippen LogP contribution >= 0.6 is 0 Å². The number of nitrogens with one attached hydrogen (secondary N) is 1. The van der Waals surface area contributed by atoms with Crippen LogP contribution in [0.5, 0.6) is 0 Å². The van der Waals surface area contributed by atoms with Gasteiger partial charge in [-0.05, 0) is 12.1 Å². The summed E-state index contributed by atoms with van der Waals surface area (Å²) >= 11 is 0. The molecule has 116 valence electrons. The molecule has 1 aliphatic heterocycles. The Hall–Kier alpha value is -2.19. The van der Waals surface area contributed by atoms with Crippen molar-refractivity contribution >= 4 is 15.9 Å². The maximum Gasteiger partial charge on any atom is 0.271 e. The summed E-state index contributed by atoms with van der Waals surface area (Å²) in [7, 11) is -2.08. The van der Waals surface area contributed by atoms with Crippen molar-refractivity contribution in [2.24, 2.45) is 0 Å². The van der Waals surface area contributed by atoms with Crippen molar-refractivity contribution in [2.45, 2.75) is 18.4 Å². The van der Waals surface area contributed by atoms with E-state index in [1.165, 1.54) is 17.7 Å². The number of nitrogens with zero attached hydrogens (tertiary/aromatic N) is 3. The quantitative estimate of drug-likeness (QED) is 0.885. The minimum absolute atomic E-state index is 0.107. The number of sulfonamides is 1. The Morgan fingerprint density at radius 3 is 2.77 bits per heavy atom. The highest BCUT2D eigenvalue weighted by molar-refractivity contribution is 7.89. The van der Waals surface area contributed by atoms with Gasteiger partial charge in [-0.1, -0.05) is 19.1 Å². The molecule has 0 bridgehead atoms. The first kappa shape index (κ1) is 14.7. The molecule has 0 saturated carbocycles. The summed E-state index contributed by atoms with van der Waals surface area (Å²) in [6.07, 6.45) is 1.49. The molecule has 1 aliphatic rings. The number of carbonyl (C=O) groups excluding carboxylic acids is 1. The second-order valence-corrected chi connectivity index (χ2v) is 6.79. The van der Waals surface area contributed by atoms with Gasteiger partial charge in [-0.3, -0.25) is 9.36 Å². The predicted molar refractivity (Wildman–Crippen MR) is 80.2 cm³/mol. The molecule has 1 aromatic carbocycles. The van der Waals surface area contributed by atoms with Crippen molar-refractivity contribution in [3.8, 4) is 5.69 Å². The summed E-state index contributed by atoms with van der Waals surface area (Å²) in [4.78, 5) is 16.3. The van der Waals surface area contributed by atoms with Gasteiger partial charge in [-0.2, -0.15) is 4.31 Å². The number of aromatic nitrogens is 2. The molecule has 7 nitrogen and oxygen atoms in total. The first-order chi connectivity index (χ1) is 10.5. The van der Waals surface area contributed by atoms with Gasteiger partial charge >= 0.3 is 0 Å². The van der Waals surface area contributed by atoms with Gasteiger partial charge in [0.1, 0.15) is 11.2 Å². The number of fused-ring (bicyclic) bond motifs is 3. The summed E-state index contributed by atoms with van der Waals surface area (Å²) in [5.74, 6) is -0.332. The fourth-order valence-corrected chi connectivity index (χ4v) is 4.18. The minimum atomic E-state index is -3.60. The van der Waals surface area contributed by atoms with Crippen LogP contribution in [0, 0.1) is 0 Å². The second-order valence-electron chi connectivity index (χ2n) is 4.89. The van der Waals surface area contributed by atoms with Crippen LogP contribution in [-0.4, -0.2) is 41.8 Å². The molecule has 0 saturated heterocycles. The van der Waals surface area contributed by atoms with E-state index in [9.17, 15) is 13.2 Å². The molecule has 3 rings (SSSR count). The fraction of sp³-hybridized carbons (Fsp3) is 0.286. The summed E-state index contributed by atoms with van der Waals surface area (Å²) in [6, 6.07) is 6.73. The normalized spacial score (nSPS) is 16.5. The SMILES string of the molecule is CCN1Cc2c(C(=O)NC)ncn2-c2ccccc2S1(=O)=O. The molecular weight excluding hydrogens is 304 g/mol. The molecule has 0 spiro atoms. The maximum atomic E-state index is 12.8. The van der Waals surface area contributed by atoms with E-state index in [0.717, 1.165) is 0 Å². The van der Waals surface area contributed by atoms with E-state index in [2.05, 4.69) is 10.3 Å². The third kappa shape index (κ3) is 2.03. The van der Waals surface area contributed by atoms with Crippen LogP contribution in [0.2, 0.25) is 0 Å². The largest absolute Gasteiger partial charge is 0.354 e. The monoisotopic (exact) mass is 320 g/mol. The Kier molecular flexibility index (Phi) is 3.50. The number of rotatable bonds is 2. The summed E-state index contributed by atoms with van der Waals surface area (Å²) in [6.45, 7) is 2.19. The highest BCUT2D eigenvalue weighted by atomic mass is 32.2. The van der Waals surface area contributed by atoms with Crippen molar-refractivity contribution < 1.29 is 13.2 Å². The van der Waals surface area contributed by atoms with Crippen LogP contribution in [0.25, 0.3) is 5.69 Å². The summed E-state index contributed by atoms with van der Waals surface area (Å²) in [5.41, 5.74) is 1.32. The lowest BCUT2D eigenvalue weighted by atomic mass is 10.2. The van der Waals surface area contributed by atoms with Crippen molar-refractivity contribution in [1.29, 1.82) is 0 Å². The van der Waals surface area contributed by atoms with Gasteiger partial charge in [-0.25, -0.2) is 13.4 Å². The average Bonchev–Trinajstić information content (AvgIpc) is 2.91. The molecule has 1 N–H and O–H groups in total. The van der Waals surface area contributed by atoms with Gasteiger partial charge in [0.2, 0.25) is 10.0 Å². The van der Waals surface area contributed by atoms with Gasteiger partial charge in [-0.15, -0.1) is 0 Å². The van der Waals surface area contributed by atoms with Crippen LogP contribution < -0.4 is 5.32 Å². The Labute approximate surface area is 128 Å². The number of amides is 1. The molecule has 0 radical (unpaired) electrons. The topological polar surface area (TPSA) is 84.3 Å². The zero-order valence-corrected chi connectivity index (χ0v) is 13.1. The number of hydrogen-bond acceptors (Lipinski definition) is 4. The Bertz CT molecular complexity index is 842. The lowest BCUT2D eigenvalue weighted by Gasteiger charge is -2.18. The van der Waals surface area contributed by atoms with Crippen LogP contribution in [-0.2, 0) is 16.6 Å². The molecular formula is C14H16N4O3S. The first-order valence-corrected chi connectivity index (χ1v) is 8.32. The summed E-state index contributed by atoms with van der Waals surface area (Å²) in [5, 5.41) is 2.53. The predicted octanol–water partition coefficient (Wildman–Crippen LogP) is 0.756. The Balaban J connectivity index is 2.32. The minimum Gasteiger partial charge on any atom is -0.354 e. The fourth-order valence-electron chi connectivity index (χ4n) is 2.59. The van der Waals surface area contributed by atoms with Gasteiger partial charge < -0.3 is 5.32 Å². The van der Waals surface area contributed by atoms with Crippen molar-refractivity contribution in [1.82, 2.24) is 19.2 Å². The Morgan fingerprint density at radius 2 is 2.09 bits per heavy atom. The number of benzene rings is 1. The molecule has 1 amide bonds. The lowest BCUT2D eigenvalue weighted by Crippen LogP contribution is -2.30. The van der Waals surface area contributed by atoms with Crippen LogP contribution in [0.1, 0.15) is 23.1 Å². The number of imidazole rings is 1. The first-order valence-electron chi connectivity index (χ1n) is 6.88. The van der Waals surface area contributed by atoms with Crippen molar-refractivity contribution in [2.75, 3.05) is 13.6 Å². The zero-order valence-electron chi connectivity index (χ0n) is 12.3. The van der Waals surface area contributed by atoms with Crippen molar-refractivity contribution in [3.63, 3.8) is 0 Å². The smallest absolute Gasteiger partial charge is 0.271 e. The molecule has 0 fully saturated rings. The van der Waals surface area contributed by atoms with E-state index in [-0.39, 0.29) is 23.0 Å². The third-order valence-corrected chi connectivity index (χ3v) is 5.70. The van der Waals surface area contributed by atoms with Gasteiger partial charge in [0, 0.05) is 13.6 Å².